The molecule has 0 bridgehead atoms. The summed E-state index contributed by atoms with van der Waals surface area (Å²) >= 11 is 6.58. The van der Waals surface area contributed by atoms with Crippen LogP contribution >= 0.6 is 11.6 Å². The minimum absolute atomic E-state index is 0.0845. The second-order valence-corrected chi connectivity index (χ2v) is 9.23. The van der Waals surface area contributed by atoms with Crippen molar-refractivity contribution in [3.05, 3.63) is 94.7 Å². The molecule has 0 spiro atoms. The first-order valence-corrected chi connectivity index (χ1v) is 12.1. The first-order valence-electron chi connectivity index (χ1n) is 12.2. The zero-order chi connectivity index (χ0) is 28.0. The number of anilines is 3. The molecule has 1 aliphatic rings. The van der Waals surface area contributed by atoms with Crippen molar-refractivity contribution < 1.29 is 14.5 Å². The van der Waals surface area contributed by atoms with E-state index in [-0.39, 0.29) is 39.3 Å². The predicted octanol–water partition coefficient (Wildman–Crippen LogP) is 5.84. The predicted molar refractivity (Wildman–Crippen MR) is 137 cm³/mol. The number of hydrogen-bond donors (Lipinski definition) is 2. The zero-order valence-electron chi connectivity index (χ0n) is 20.8. The number of nitriles is 1. The monoisotopic (exact) mass is 548 g/mol. The number of fused-ring (bicyclic) bond motifs is 1. The van der Waals surface area contributed by atoms with Gasteiger partial charge in [0.05, 0.1) is 53.3 Å². The number of nitrogens with zero attached hydrogens (tertiary/aromatic N) is 7. The lowest BCUT2D eigenvalue weighted by atomic mass is 10.0. The summed E-state index contributed by atoms with van der Waals surface area (Å²) in [7, 11) is 0. The molecule has 0 saturated heterocycles. The smallest absolute Gasteiger partial charge is 0.249 e. The summed E-state index contributed by atoms with van der Waals surface area (Å²) in [4.78, 5) is 11.4. The maximum Gasteiger partial charge on any atom is 0.249 e. The molecule has 1 aliphatic carbocycles. The molecular formula is C26H17ClF3N9. The lowest BCUT2D eigenvalue weighted by molar-refractivity contribution is 0.480. The molecule has 1 unspecified atom stereocenters. The summed E-state index contributed by atoms with van der Waals surface area (Å²) in [5.74, 6) is -3.15. The van der Waals surface area contributed by atoms with Crippen molar-refractivity contribution in [3.8, 4) is 6.07 Å². The molecule has 6 rings (SSSR count). The molecular weight excluding hydrogens is 531 g/mol. The normalized spacial score (nSPS) is 14.9. The quantitative estimate of drug-likeness (QED) is 0.244. The zero-order valence-corrected chi connectivity index (χ0v) is 20.6. The van der Waals surface area contributed by atoms with Crippen LogP contribution in [0.4, 0.5) is 30.2 Å². The van der Waals surface area contributed by atoms with E-state index < -0.39 is 23.7 Å². The second kappa shape index (κ2) is 9.85. The Hall–Kier alpha value is -4.76. The Morgan fingerprint density at radius 3 is 2.64 bits per heavy atom. The van der Waals surface area contributed by atoms with Gasteiger partial charge in [0.2, 0.25) is 11.9 Å². The van der Waals surface area contributed by atoms with Crippen LogP contribution in [0.2, 0.25) is 5.02 Å². The molecule has 9 nitrogen and oxygen atoms in total. The summed E-state index contributed by atoms with van der Waals surface area (Å²) < 4.78 is 52.0. The van der Waals surface area contributed by atoms with Gasteiger partial charge in [0.1, 0.15) is 11.8 Å². The Morgan fingerprint density at radius 1 is 1.08 bits per heavy atom. The van der Waals surface area contributed by atoms with Crippen LogP contribution in [-0.2, 0) is 0 Å². The Bertz CT molecular complexity index is 1800. The minimum Gasteiger partial charge on any atom is -0.373 e. The molecule has 194 valence electrons. The molecule has 13 heteroatoms. The van der Waals surface area contributed by atoms with Gasteiger partial charge in [-0.05, 0) is 36.6 Å². The highest BCUT2D eigenvalue weighted by molar-refractivity contribution is 6.36. The number of rotatable bonds is 7. The van der Waals surface area contributed by atoms with Gasteiger partial charge in [0.15, 0.2) is 5.82 Å². The van der Waals surface area contributed by atoms with Gasteiger partial charge in [-0.1, -0.05) is 22.9 Å². The maximum absolute atomic E-state index is 13.8. The summed E-state index contributed by atoms with van der Waals surface area (Å²) in [5, 5.41) is 24.6. The Balaban J connectivity index is 1.47. The summed E-state index contributed by atoms with van der Waals surface area (Å²) in [6.07, 6.45) is 7.17. The fourth-order valence-electron chi connectivity index (χ4n) is 4.05. The van der Waals surface area contributed by atoms with E-state index in [2.05, 4.69) is 35.9 Å². The van der Waals surface area contributed by atoms with Crippen LogP contribution in [0.5, 0.6) is 0 Å². The van der Waals surface area contributed by atoms with Gasteiger partial charge in [-0.3, -0.25) is 4.98 Å². The van der Waals surface area contributed by atoms with Crippen molar-refractivity contribution in [3.63, 3.8) is 0 Å². The van der Waals surface area contributed by atoms with Crippen LogP contribution < -0.4 is 10.6 Å². The molecule has 39 heavy (non-hydrogen) atoms. The van der Waals surface area contributed by atoms with Crippen molar-refractivity contribution in [2.24, 2.45) is 0 Å². The molecule has 1 saturated carbocycles. The van der Waals surface area contributed by atoms with Crippen molar-refractivity contribution in [2.75, 3.05) is 10.6 Å². The van der Waals surface area contributed by atoms with Crippen LogP contribution in [-0.4, -0.2) is 29.9 Å². The van der Waals surface area contributed by atoms with Crippen molar-refractivity contribution in [1.82, 2.24) is 29.9 Å². The molecule has 2 N–H and O–H groups in total. The second-order valence-electron chi connectivity index (χ2n) is 8.82. The van der Waals surface area contributed by atoms with E-state index >= 15 is 0 Å². The first-order chi connectivity index (χ1) is 19.2. The van der Waals surface area contributed by atoms with Crippen molar-refractivity contribution >= 4 is 39.6 Å². The lowest BCUT2D eigenvalue weighted by Crippen LogP contribution is -2.14. The molecule has 0 aliphatic heterocycles. The van der Waals surface area contributed by atoms with Gasteiger partial charge < -0.3 is 10.6 Å². The fraction of sp³-hybridized carbons (Fsp3) is 0.154. The van der Waals surface area contributed by atoms with E-state index in [4.69, 9.17) is 11.6 Å². The first kappa shape index (κ1) is 23.4. The summed E-state index contributed by atoms with van der Waals surface area (Å²) in [6.45, 7) is 0. The molecule has 0 amide bonds. The van der Waals surface area contributed by atoms with Crippen LogP contribution in [0.25, 0.3) is 10.9 Å². The molecule has 0 radical (unpaired) electrons. The number of pyridine rings is 3. The average molecular weight is 549 g/mol. The minimum atomic E-state index is -1.78. The number of hydrogen-bond acceptors (Lipinski definition) is 8. The van der Waals surface area contributed by atoms with E-state index in [9.17, 15) is 19.8 Å². The molecule has 1 aromatic carbocycles. The Labute approximate surface area is 225 Å². The van der Waals surface area contributed by atoms with Crippen LogP contribution in [0.3, 0.4) is 0 Å². The van der Waals surface area contributed by atoms with E-state index in [1.54, 1.807) is 16.9 Å². The Kier molecular flexibility index (Phi) is 5.90. The molecule has 1 fully saturated rings. The van der Waals surface area contributed by atoms with Crippen LogP contribution in [0.15, 0.2) is 55.1 Å². The summed E-state index contributed by atoms with van der Waals surface area (Å²) in [6, 6.07) is 7.04. The van der Waals surface area contributed by atoms with Crippen LogP contribution in [0, 0.1) is 29.0 Å². The standard InChI is InChI=1S/C26H17ClF3N9/c27-19-6-15(35-24(13-1-4-22(29)32-9-13)21-12-39(38-37-21)17-2-3-17)5-18-23(14(8-31)10-33-25(18)19)36-16-7-20(28)26(30)34-11-16/h1,4-7,9-12,17,24,35H,2-3H2,(H,33,36)/i24D. The number of halogens is 4. The number of aromatic nitrogens is 6. The van der Waals surface area contributed by atoms with Gasteiger partial charge in [0, 0.05) is 29.5 Å². The third-order valence-corrected chi connectivity index (χ3v) is 6.37. The molecule has 4 heterocycles. The third kappa shape index (κ3) is 4.92. The lowest BCUT2D eigenvalue weighted by Gasteiger charge is -2.19. The average Bonchev–Trinajstić information content (AvgIpc) is 3.67. The molecule has 5 aromatic rings. The highest BCUT2D eigenvalue weighted by Gasteiger charge is 2.27. The van der Waals surface area contributed by atoms with Gasteiger partial charge in [-0.2, -0.15) is 14.0 Å². The largest absolute Gasteiger partial charge is 0.373 e. The highest BCUT2D eigenvalue weighted by atomic mass is 35.5. The molecule has 1 atom stereocenters. The van der Waals surface area contributed by atoms with E-state index in [1.807, 2.05) is 6.07 Å². The number of benzene rings is 1. The fourth-order valence-corrected chi connectivity index (χ4v) is 4.31. The maximum atomic E-state index is 13.8. The summed E-state index contributed by atoms with van der Waals surface area (Å²) in [5.41, 5.74) is 1.54. The van der Waals surface area contributed by atoms with Gasteiger partial charge in [0.25, 0.3) is 0 Å². The number of nitrogens with one attached hydrogen (secondary N) is 2. The van der Waals surface area contributed by atoms with E-state index in [0.29, 0.717) is 16.6 Å². The van der Waals surface area contributed by atoms with Crippen LogP contribution in [0.1, 0.15) is 43.1 Å². The topological polar surface area (TPSA) is 117 Å². The highest BCUT2D eigenvalue weighted by Crippen LogP contribution is 2.38. The van der Waals surface area contributed by atoms with Gasteiger partial charge in [-0.25, -0.2) is 19.0 Å². The third-order valence-electron chi connectivity index (χ3n) is 6.08. The SMILES string of the molecule is [2H]C(Nc1cc(Cl)c2ncc(C#N)c(Nc3cnc(F)c(F)c3)c2c1)(c1ccc(F)nc1)c1cn(C2CC2)nn1. The van der Waals surface area contributed by atoms with E-state index in [1.165, 1.54) is 24.5 Å². The van der Waals surface area contributed by atoms with E-state index in [0.717, 1.165) is 31.2 Å². The van der Waals surface area contributed by atoms with Crippen molar-refractivity contribution in [1.29, 1.82) is 5.26 Å². The van der Waals surface area contributed by atoms with Gasteiger partial charge in [-0.15, -0.1) is 5.10 Å². The van der Waals surface area contributed by atoms with Gasteiger partial charge >= 0.3 is 0 Å². The Morgan fingerprint density at radius 2 is 1.92 bits per heavy atom. The molecule has 4 aromatic heterocycles. The van der Waals surface area contributed by atoms with Crippen molar-refractivity contribution in [2.45, 2.75) is 24.9 Å².